The summed E-state index contributed by atoms with van der Waals surface area (Å²) in [5, 5.41) is 4.12. The van der Waals surface area contributed by atoms with Crippen molar-refractivity contribution in [3.05, 3.63) is 45.3 Å². The van der Waals surface area contributed by atoms with Crippen molar-refractivity contribution in [1.82, 2.24) is 9.97 Å². The fourth-order valence-electron chi connectivity index (χ4n) is 3.25. The van der Waals surface area contributed by atoms with E-state index < -0.39 is 11.8 Å². The van der Waals surface area contributed by atoms with E-state index in [9.17, 15) is 9.18 Å². The molecule has 5 nitrogen and oxygen atoms in total. The molecule has 3 aromatic rings. The van der Waals surface area contributed by atoms with Gasteiger partial charge in [-0.05, 0) is 56.4 Å². The van der Waals surface area contributed by atoms with E-state index >= 15 is 0 Å². The van der Waals surface area contributed by atoms with Gasteiger partial charge in [0.1, 0.15) is 16.5 Å². The van der Waals surface area contributed by atoms with E-state index in [0.29, 0.717) is 11.5 Å². The predicted molar refractivity (Wildman–Crippen MR) is 105 cm³/mol. The highest BCUT2D eigenvalue weighted by molar-refractivity contribution is 7.19. The number of thiophene rings is 1. The fraction of sp³-hybridized carbons (Fsp3) is 0.316. The third kappa shape index (κ3) is 3.49. The van der Waals surface area contributed by atoms with Crippen LogP contribution in [-0.4, -0.2) is 22.5 Å². The van der Waals surface area contributed by atoms with Crippen molar-refractivity contribution in [2.45, 2.75) is 32.6 Å². The second kappa shape index (κ2) is 7.40. The monoisotopic (exact) mass is 405 g/mol. The number of halogens is 2. The minimum Gasteiger partial charge on any atom is -0.460 e. The summed E-state index contributed by atoms with van der Waals surface area (Å²) in [6, 6.07) is 4.37. The van der Waals surface area contributed by atoms with Crippen LogP contribution in [0.3, 0.4) is 0 Å². The van der Waals surface area contributed by atoms with E-state index in [4.69, 9.17) is 16.3 Å². The van der Waals surface area contributed by atoms with Crippen molar-refractivity contribution in [3.63, 3.8) is 0 Å². The number of esters is 1. The van der Waals surface area contributed by atoms with Gasteiger partial charge in [0.25, 0.3) is 0 Å². The molecule has 8 heteroatoms. The largest absolute Gasteiger partial charge is 0.460 e. The standard InChI is InChI=1S/C19H17ClFN3O2S/c1-2-26-19(25)17-23-16(22-10-7-8-13(21)12(20)9-10)15-11-5-3-4-6-14(11)27-18(15)24-17/h7-9H,2-6H2,1H3,(H,22,23,24). The molecule has 0 aliphatic heterocycles. The Hall–Kier alpha value is -2.25. The maximum Gasteiger partial charge on any atom is 0.376 e. The second-order valence-electron chi connectivity index (χ2n) is 6.26. The third-order valence-electron chi connectivity index (χ3n) is 4.46. The van der Waals surface area contributed by atoms with Crippen LogP contribution >= 0.6 is 22.9 Å². The minimum absolute atomic E-state index is 0.0126. The lowest BCUT2D eigenvalue weighted by Gasteiger charge is -2.13. The number of benzene rings is 1. The maximum atomic E-state index is 13.5. The summed E-state index contributed by atoms with van der Waals surface area (Å²) in [6.45, 7) is 1.98. The maximum absolute atomic E-state index is 13.5. The van der Waals surface area contributed by atoms with Crippen LogP contribution in [0.2, 0.25) is 5.02 Å². The van der Waals surface area contributed by atoms with E-state index in [-0.39, 0.29) is 17.5 Å². The molecule has 0 spiro atoms. The van der Waals surface area contributed by atoms with Gasteiger partial charge >= 0.3 is 5.97 Å². The fourth-order valence-corrected chi connectivity index (χ4v) is 4.69. The highest BCUT2D eigenvalue weighted by atomic mass is 35.5. The van der Waals surface area contributed by atoms with Crippen molar-refractivity contribution in [1.29, 1.82) is 0 Å². The van der Waals surface area contributed by atoms with E-state index in [0.717, 1.165) is 35.9 Å². The zero-order valence-corrected chi connectivity index (χ0v) is 16.2. The van der Waals surface area contributed by atoms with Gasteiger partial charge in [0.15, 0.2) is 0 Å². The Labute approximate surface area is 164 Å². The van der Waals surface area contributed by atoms with Gasteiger partial charge in [-0.25, -0.2) is 19.2 Å². The zero-order valence-electron chi connectivity index (χ0n) is 14.6. The molecule has 0 fully saturated rings. The van der Waals surface area contributed by atoms with E-state index in [2.05, 4.69) is 15.3 Å². The van der Waals surface area contributed by atoms with Gasteiger partial charge in [-0.3, -0.25) is 0 Å². The summed E-state index contributed by atoms with van der Waals surface area (Å²) in [7, 11) is 0. The molecule has 2 heterocycles. The first-order valence-corrected chi connectivity index (χ1v) is 9.97. The van der Waals surface area contributed by atoms with Crippen molar-refractivity contribution >= 4 is 50.6 Å². The average molecular weight is 406 g/mol. The molecule has 1 aliphatic carbocycles. The number of ether oxygens (including phenoxy) is 1. The molecular weight excluding hydrogens is 389 g/mol. The molecule has 1 aliphatic rings. The highest BCUT2D eigenvalue weighted by Gasteiger charge is 2.23. The number of rotatable bonds is 4. The molecule has 0 amide bonds. The molecule has 0 saturated carbocycles. The molecule has 4 rings (SSSR count). The van der Waals surface area contributed by atoms with Gasteiger partial charge in [-0.2, -0.15) is 0 Å². The average Bonchev–Trinajstić information content (AvgIpc) is 3.03. The van der Waals surface area contributed by atoms with E-state index in [1.807, 2.05) is 0 Å². The Morgan fingerprint density at radius 2 is 2.15 bits per heavy atom. The lowest BCUT2D eigenvalue weighted by molar-refractivity contribution is 0.0512. The van der Waals surface area contributed by atoms with Crippen molar-refractivity contribution in [3.8, 4) is 0 Å². The van der Waals surface area contributed by atoms with Crippen LogP contribution < -0.4 is 5.32 Å². The smallest absolute Gasteiger partial charge is 0.376 e. The lowest BCUT2D eigenvalue weighted by atomic mass is 9.97. The number of aryl methyl sites for hydroxylation is 2. The van der Waals surface area contributed by atoms with E-state index in [1.165, 1.54) is 22.6 Å². The molecule has 1 aromatic carbocycles. The molecule has 0 unspecified atom stereocenters. The number of hydrogen-bond donors (Lipinski definition) is 1. The van der Waals surface area contributed by atoms with Gasteiger partial charge < -0.3 is 10.1 Å². The number of nitrogens with zero attached hydrogens (tertiary/aromatic N) is 2. The summed E-state index contributed by atoms with van der Waals surface area (Å²) in [5.74, 6) is -0.523. The Morgan fingerprint density at radius 3 is 2.93 bits per heavy atom. The summed E-state index contributed by atoms with van der Waals surface area (Å²) >= 11 is 7.49. The normalized spacial score (nSPS) is 13.4. The molecular formula is C19H17ClFN3O2S. The van der Waals surface area contributed by atoms with Gasteiger partial charge in [-0.1, -0.05) is 11.6 Å². The molecule has 0 radical (unpaired) electrons. The SMILES string of the molecule is CCOC(=O)c1nc(Nc2ccc(F)c(Cl)c2)c2c3c(sc2n1)CCCC3. The van der Waals surface area contributed by atoms with Crippen molar-refractivity contribution < 1.29 is 13.9 Å². The first-order valence-electron chi connectivity index (χ1n) is 8.78. The second-order valence-corrected chi connectivity index (χ2v) is 7.75. The van der Waals surface area contributed by atoms with Crippen molar-refractivity contribution in [2.24, 2.45) is 0 Å². The summed E-state index contributed by atoms with van der Waals surface area (Å²) < 4.78 is 18.5. The molecule has 0 atom stereocenters. The topological polar surface area (TPSA) is 64.1 Å². The van der Waals surface area contributed by atoms with Gasteiger partial charge in [-0.15, -0.1) is 11.3 Å². The third-order valence-corrected chi connectivity index (χ3v) is 5.93. The van der Waals surface area contributed by atoms with Crippen LogP contribution in [0.25, 0.3) is 10.2 Å². The number of carbonyl (C=O) groups excluding carboxylic acids is 1. The minimum atomic E-state index is -0.564. The van der Waals surface area contributed by atoms with Gasteiger partial charge in [0.05, 0.1) is 17.0 Å². The Morgan fingerprint density at radius 1 is 1.33 bits per heavy atom. The molecule has 0 saturated heterocycles. The number of aromatic nitrogens is 2. The summed E-state index contributed by atoms with van der Waals surface area (Å²) in [6.07, 6.45) is 4.22. The highest BCUT2D eigenvalue weighted by Crippen LogP contribution is 2.39. The van der Waals surface area contributed by atoms with Crippen LogP contribution in [0.1, 0.15) is 40.8 Å². The first kappa shape index (κ1) is 18.1. The molecule has 27 heavy (non-hydrogen) atoms. The van der Waals surface area contributed by atoms with Crippen LogP contribution in [0.15, 0.2) is 18.2 Å². The predicted octanol–water partition coefficient (Wildman–Crippen LogP) is 5.28. The Bertz CT molecular complexity index is 1040. The number of hydrogen-bond acceptors (Lipinski definition) is 6. The summed E-state index contributed by atoms with van der Waals surface area (Å²) in [5.41, 5.74) is 1.82. The van der Waals surface area contributed by atoms with Crippen LogP contribution in [0, 0.1) is 5.82 Å². The summed E-state index contributed by atoms with van der Waals surface area (Å²) in [4.78, 5) is 23.1. The number of nitrogens with one attached hydrogen (secondary N) is 1. The Balaban J connectivity index is 1.85. The molecule has 0 bridgehead atoms. The van der Waals surface area contributed by atoms with Crippen molar-refractivity contribution in [2.75, 3.05) is 11.9 Å². The zero-order chi connectivity index (χ0) is 19.0. The number of carbonyl (C=O) groups is 1. The number of anilines is 2. The molecule has 2 aromatic heterocycles. The van der Waals surface area contributed by atoms with Gasteiger partial charge in [0.2, 0.25) is 5.82 Å². The van der Waals surface area contributed by atoms with Gasteiger partial charge in [0, 0.05) is 10.6 Å². The number of fused-ring (bicyclic) bond motifs is 3. The lowest BCUT2D eigenvalue weighted by Crippen LogP contribution is -2.11. The molecule has 1 N–H and O–H groups in total. The van der Waals surface area contributed by atoms with E-state index in [1.54, 1.807) is 24.3 Å². The Kier molecular flexibility index (Phi) is 4.97. The quantitative estimate of drug-likeness (QED) is 0.598. The van der Waals surface area contributed by atoms with Crippen LogP contribution in [0.5, 0.6) is 0 Å². The first-order chi connectivity index (χ1) is 13.1. The van der Waals surface area contributed by atoms with Crippen LogP contribution in [-0.2, 0) is 17.6 Å². The molecule has 140 valence electrons. The van der Waals surface area contributed by atoms with Crippen LogP contribution in [0.4, 0.5) is 15.9 Å².